The maximum Gasteiger partial charge on any atom is 0.0790 e. The number of aliphatic hydroxyl groups is 1. The molecule has 2 aromatic carbocycles. The van der Waals surface area contributed by atoms with Crippen molar-refractivity contribution in [2.75, 3.05) is 32.8 Å². The fraction of sp³-hybridized carbons (Fsp3) is 0.500. The highest BCUT2D eigenvalue weighted by molar-refractivity contribution is 5.84. The van der Waals surface area contributed by atoms with E-state index in [9.17, 15) is 5.11 Å². The first-order valence-electron chi connectivity index (χ1n) is 12.3. The Balaban J connectivity index is 1.29. The molecule has 0 radical (unpaired) electrons. The number of likely N-dealkylation sites (tertiary alicyclic amines) is 1. The fourth-order valence-corrected chi connectivity index (χ4v) is 5.11. The predicted molar refractivity (Wildman–Crippen MR) is 132 cm³/mol. The average molecular weight is 435 g/mol. The molecule has 2 heterocycles. The lowest BCUT2D eigenvalue weighted by Crippen LogP contribution is -2.33. The second-order valence-corrected chi connectivity index (χ2v) is 9.18. The number of aryl methyl sites for hydroxylation is 1. The zero-order chi connectivity index (χ0) is 22.3. The van der Waals surface area contributed by atoms with Crippen molar-refractivity contribution in [1.29, 1.82) is 0 Å². The van der Waals surface area contributed by atoms with Crippen LogP contribution in [-0.4, -0.2) is 47.4 Å². The van der Waals surface area contributed by atoms with Crippen molar-refractivity contribution in [3.63, 3.8) is 0 Å². The van der Waals surface area contributed by atoms with Gasteiger partial charge >= 0.3 is 0 Å². The molecular formula is C28H38N2O2. The smallest absolute Gasteiger partial charge is 0.0790 e. The number of para-hydroxylation sites is 1. The Labute approximate surface area is 192 Å². The van der Waals surface area contributed by atoms with Gasteiger partial charge in [-0.05, 0) is 82.3 Å². The number of rotatable bonds is 10. The molecule has 1 N–H and O–H groups in total. The van der Waals surface area contributed by atoms with Crippen LogP contribution in [-0.2, 0) is 11.3 Å². The lowest BCUT2D eigenvalue weighted by Gasteiger charge is -2.32. The van der Waals surface area contributed by atoms with Crippen LogP contribution in [0.3, 0.4) is 0 Å². The monoisotopic (exact) mass is 434 g/mol. The molecule has 0 spiro atoms. The van der Waals surface area contributed by atoms with E-state index in [1.165, 1.54) is 34.9 Å². The second kappa shape index (κ2) is 11.1. The molecule has 3 aromatic rings. The summed E-state index contributed by atoms with van der Waals surface area (Å²) in [5.74, 6) is 0.627. The Kier molecular flexibility index (Phi) is 8.01. The molecule has 1 atom stereocenters. The summed E-state index contributed by atoms with van der Waals surface area (Å²) in [6, 6.07) is 17.1. The molecule has 172 valence electrons. The summed E-state index contributed by atoms with van der Waals surface area (Å²) in [5.41, 5.74) is 5.09. The minimum atomic E-state index is -0.352. The SMILES string of the molecule is CCOCCn1cc(C2CCN(CCCC(O)c3cccc(C)c3)CC2)c2ccccc21. The average Bonchev–Trinajstić information content (AvgIpc) is 3.18. The molecule has 0 aliphatic carbocycles. The quantitative estimate of drug-likeness (QED) is 0.417. The largest absolute Gasteiger partial charge is 0.388 e. The molecule has 1 aromatic heterocycles. The number of aliphatic hydroxyl groups excluding tert-OH is 1. The normalized spacial score (nSPS) is 16.6. The summed E-state index contributed by atoms with van der Waals surface area (Å²) < 4.78 is 7.97. The third kappa shape index (κ3) is 5.61. The zero-order valence-corrected chi connectivity index (χ0v) is 19.7. The first-order valence-corrected chi connectivity index (χ1v) is 12.3. The standard InChI is InChI=1S/C28H38N2O2/c1-3-32-19-18-30-21-26(25-10-4-5-11-27(25)30)23-13-16-29(17-14-23)15-7-12-28(31)24-9-6-8-22(2)20-24/h4-6,8-11,20-21,23,28,31H,3,7,12-19H2,1-2H3. The second-order valence-electron chi connectivity index (χ2n) is 9.18. The Morgan fingerprint density at radius 3 is 2.66 bits per heavy atom. The molecule has 1 saturated heterocycles. The summed E-state index contributed by atoms with van der Waals surface area (Å²) in [5, 5.41) is 11.9. The highest BCUT2D eigenvalue weighted by Gasteiger charge is 2.23. The van der Waals surface area contributed by atoms with Gasteiger partial charge < -0.3 is 19.3 Å². The minimum Gasteiger partial charge on any atom is -0.388 e. The van der Waals surface area contributed by atoms with Crippen LogP contribution in [0.1, 0.15) is 61.3 Å². The van der Waals surface area contributed by atoms with E-state index in [0.717, 1.165) is 57.8 Å². The molecule has 1 aliphatic rings. The molecule has 1 unspecified atom stereocenters. The minimum absolute atomic E-state index is 0.352. The molecule has 32 heavy (non-hydrogen) atoms. The number of piperidine rings is 1. The van der Waals surface area contributed by atoms with E-state index in [0.29, 0.717) is 5.92 Å². The first kappa shape index (κ1) is 23.0. The van der Waals surface area contributed by atoms with E-state index in [-0.39, 0.29) is 6.10 Å². The summed E-state index contributed by atoms with van der Waals surface area (Å²) in [4.78, 5) is 2.58. The predicted octanol–water partition coefficient (Wildman–Crippen LogP) is 5.68. The van der Waals surface area contributed by atoms with Crippen molar-refractivity contribution >= 4 is 10.9 Å². The van der Waals surface area contributed by atoms with Gasteiger partial charge in [0.1, 0.15) is 0 Å². The third-order valence-electron chi connectivity index (χ3n) is 6.91. The van der Waals surface area contributed by atoms with Crippen LogP contribution in [0, 0.1) is 6.92 Å². The number of benzene rings is 2. The van der Waals surface area contributed by atoms with Gasteiger partial charge in [0.2, 0.25) is 0 Å². The van der Waals surface area contributed by atoms with Gasteiger partial charge in [0.25, 0.3) is 0 Å². The van der Waals surface area contributed by atoms with Crippen LogP contribution in [0.15, 0.2) is 54.7 Å². The van der Waals surface area contributed by atoms with E-state index < -0.39 is 0 Å². The Bertz CT molecular complexity index is 988. The highest BCUT2D eigenvalue weighted by atomic mass is 16.5. The van der Waals surface area contributed by atoms with Crippen LogP contribution in [0.5, 0.6) is 0 Å². The van der Waals surface area contributed by atoms with Crippen LogP contribution in [0.4, 0.5) is 0 Å². The molecule has 0 saturated carbocycles. The lowest BCUT2D eigenvalue weighted by atomic mass is 9.89. The molecule has 1 aliphatic heterocycles. The summed E-state index contributed by atoms with van der Waals surface area (Å²) in [6.45, 7) is 9.94. The van der Waals surface area contributed by atoms with Gasteiger partial charge in [-0.1, -0.05) is 48.0 Å². The summed E-state index contributed by atoms with van der Waals surface area (Å²) >= 11 is 0. The number of hydrogen-bond donors (Lipinski definition) is 1. The maximum atomic E-state index is 10.5. The topological polar surface area (TPSA) is 37.6 Å². The summed E-state index contributed by atoms with van der Waals surface area (Å²) in [6.07, 6.45) is 6.31. The van der Waals surface area contributed by atoms with Crippen LogP contribution >= 0.6 is 0 Å². The Hall–Kier alpha value is -2.14. The number of hydrogen-bond acceptors (Lipinski definition) is 3. The van der Waals surface area contributed by atoms with Crippen LogP contribution in [0.25, 0.3) is 10.9 Å². The van der Waals surface area contributed by atoms with Gasteiger partial charge in [-0.25, -0.2) is 0 Å². The van der Waals surface area contributed by atoms with Gasteiger partial charge in [0.05, 0.1) is 12.7 Å². The van der Waals surface area contributed by atoms with Crippen molar-refractivity contribution in [1.82, 2.24) is 9.47 Å². The molecule has 4 heteroatoms. The van der Waals surface area contributed by atoms with E-state index >= 15 is 0 Å². The van der Waals surface area contributed by atoms with Gasteiger partial charge in [-0.15, -0.1) is 0 Å². The Morgan fingerprint density at radius 2 is 1.88 bits per heavy atom. The lowest BCUT2D eigenvalue weighted by molar-refractivity contribution is 0.140. The van der Waals surface area contributed by atoms with Crippen LogP contribution < -0.4 is 0 Å². The third-order valence-corrected chi connectivity index (χ3v) is 6.91. The molecule has 4 rings (SSSR count). The molecule has 0 amide bonds. The van der Waals surface area contributed by atoms with E-state index in [4.69, 9.17) is 4.74 Å². The van der Waals surface area contributed by atoms with E-state index in [1.54, 1.807) is 0 Å². The van der Waals surface area contributed by atoms with Crippen molar-refractivity contribution in [2.45, 2.75) is 58.1 Å². The molecule has 0 bridgehead atoms. The van der Waals surface area contributed by atoms with Gasteiger partial charge in [0, 0.05) is 30.3 Å². The number of nitrogens with zero attached hydrogens (tertiary/aromatic N) is 2. The Morgan fingerprint density at radius 1 is 1.06 bits per heavy atom. The van der Waals surface area contributed by atoms with Crippen molar-refractivity contribution in [3.8, 4) is 0 Å². The van der Waals surface area contributed by atoms with Gasteiger partial charge in [-0.3, -0.25) is 0 Å². The highest BCUT2D eigenvalue weighted by Crippen LogP contribution is 2.34. The van der Waals surface area contributed by atoms with E-state index in [1.807, 2.05) is 12.1 Å². The first-order chi connectivity index (χ1) is 15.7. The van der Waals surface area contributed by atoms with Gasteiger partial charge in [0.15, 0.2) is 0 Å². The fourth-order valence-electron chi connectivity index (χ4n) is 5.11. The number of ether oxygens (including phenoxy) is 1. The van der Waals surface area contributed by atoms with Crippen molar-refractivity contribution in [3.05, 3.63) is 71.4 Å². The maximum absolute atomic E-state index is 10.5. The molecule has 4 nitrogen and oxygen atoms in total. The molecular weight excluding hydrogens is 396 g/mol. The van der Waals surface area contributed by atoms with Crippen molar-refractivity contribution in [2.24, 2.45) is 0 Å². The van der Waals surface area contributed by atoms with Crippen molar-refractivity contribution < 1.29 is 9.84 Å². The van der Waals surface area contributed by atoms with Crippen LogP contribution in [0.2, 0.25) is 0 Å². The summed E-state index contributed by atoms with van der Waals surface area (Å²) in [7, 11) is 0. The zero-order valence-electron chi connectivity index (χ0n) is 19.7. The number of fused-ring (bicyclic) bond motifs is 1. The van der Waals surface area contributed by atoms with Gasteiger partial charge in [-0.2, -0.15) is 0 Å². The number of aromatic nitrogens is 1. The molecule has 1 fully saturated rings. The van der Waals surface area contributed by atoms with E-state index in [2.05, 4.69) is 65.9 Å².